The Kier molecular flexibility index (Phi) is 5.13. The van der Waals surface area contributed by atoms with Gasteiger partial charge < -0.3 is 15.5 Å². The molecule has 2 rings (SSSR count). The van der Waals surface area contributed by atoms with Gasteiger partial charge in [-0.3, -0.25) is 9.59 Å². The zero-order valence-corrected chi connectivity index (χ0v) is 13.0. The minimum absolute atomic E-state index is 0.203. The molecule has 1 aliphatic carbocycles. The van der Waals surface area contributed by atoms with E-state index in [1.54, 1.807) is 12.1 Å². The molecule has 1 aliphatic rings. The summed E-state index contributed by atoms with van der Waals surface area (Å²) in [6.45, 7) is 1.56. The lowest BCUT2D eigenvalue weighted by molar-refractivity contribution is -0.137. The Hall–Kier alpha value is -1.95. The van der Waals surface area contributed by atoms with Crippen LogP contribution in [0.5, 0.6) is 0 Å². The Morgan fingerprint density at radius 1 is 1.14 bits per heavy atom. The summed E-state index contributed by atoms with van der Waals surface area (Å²) >= 11 is 0. The number of benzene rings is 1. The van der Waals surface area contributed by atoms with Crippen LogP contribution < -0.4 is 10.6 Å². The van der Waals surface area contributed by atoms with Crippen molar-refractivity contribution in [3.05, 3.63) is 35.6 Å². The van der Waals surface area contributed by atoms with Gasteiger partial charge in [-0.1, -0.05) is 12.1 Å². The summed E-state index contributed by atoms with van der Waals surface area (Å²) in [5.74, 6) is -0.765. The van der Waals surface area contributed by atoms with Gasteiger partial charge in [0.1, 0.15) is 11.2 Å². The zero-order valence-electron chi connectivity index (χ0n) is 13.0. The number of nitrogens with one attached hydrogen (secondary N) is 2. The molecule has 0 aliphatic heterocycles. The summed E-state index contributed by atoms with van der Waals surface area (Å²) in [7, 11) is 3.85. The second-order valence-corrected chi connectivity index (χ2v) is 5.95. The van der Waals surface area contributed by atoms with Crippen molar-refractivity contribution in [3.8, 4) is 0 Å². The lowest BCUT2D eigenvalue weighted by Gasteiger charge is -2.16. The maximum atomic E-state index is 12.8. The number of carbonyl (C=O) groups excluding carboxylic acids is 2. The van der Waals surface area contributed by atoms with Gasteiger partial charge in [0.15, 0.2) is 0 Å². The highest BCUT2D eigenvalue weighted by Gasteiger charge is 2.56. The number of nitrogens with zero attached hydrogens (tertiary/aromatic N) is 1. The summed E-state index contributed by atoms with van der Waals surface area (Å²) < 4.78 is 12.8. The molecule has 22 heavy (non-hydrogen) atoms. The number of likely N-dealkylation sites (N-methyl/N-ethyl adjacent to an activating group) is 1. The van der Waals surface area contributed by atoms with Gasteiger partial charge in [0.2, 0.25) is 11.8 Å². The number of amides is 2. The molecular weight excluding hydrogens is 285 g/mol. The van der Waals surface area contributed by atoms with Crippen LogP contribution in [0.1, 0.15) is 18.4 Å². The molecule has 2 amide bonds. The van der Waals surface area contributed by atoms with Gasteiger partial charge in [-0.2, -0.15) is 0 Å². The molecule has 0 bridgehead atoms. The van der Waals surface area contributed by atoms with Crippen LogP contribution in [0, 0.1) is 11.2 Å². The van der Waals surface area contributed by atoms with Crippen molar-refractivity contribution in [3.63, 3.8) is 0 Å². The standard InChI is InChI=1S/C16H22FN3O2/c1-20(2)10-9-18-14(21)16(7-8-16)15(22)19-11-12-3-5-13(17)6-4-12/h3-6H,7-11H2,1-2H3,(H,18,21)(H,19,22). The smallest absolute Gasteiger partial charge is 0.235 e. The van der Waals surface area contributed by atoms with Crippen LogP contribution in [0.3, 0.4) is 0 Å². The van der Waals surface area contributed by atoms with Crippen LogP contribution >= 0.6 is 0 Å². The lowest BCUT2D eigenvalue weighted by atomic mass is 10.0. The molecule has 2 N–H and O–H groups in total. The number of hydrogen-bond donors (Lipinski definition) is 2. The number of carbonyl (C=O) groups is 2. The van der Waals surface area contributed by atoms with E-state index < -0.39 is 5.41 Å². The fourth-order valence-electron chi connectivity index (χ4n) is 2.20. The van der Waals surface area contributed by atoms with Crippen LogP contribution in [0.15, 0.2) is 24.3 Å². The Morgan fingerprint density at radius 2 is 1.73 bits per heavy atom. The Balaban J connectivity index is 1.83. The quantitative estimate of drug-likeness (QED) is 0.736. The van der Waals surface area contributed by atoms with Gasteiger partial charge in [0.25, 0.3) is 0 Å². The first-order valence-corrected chi connectivity index (χ1v) is 7.40. The van der Waals surface area contributed by atoms with Gasteiger partial charge in [0, 0.05) is 19.6 Å². The summed E-state index contributed by atoms with van der Waals surface area (Å²) in [5.41, 5.74) is -0.106. The van der Waals surface area contributed by atoms with Crippen molar-refractivity contribution in [2.45, 2.75) is 19.4 Å². The first-order valence-electron chi connectivity index (χ1n) is 7.40. The van der Waals surface area contributed by atoms with Crippen LogP contribution in [-0.4, -0.2) is 43.9 Å². The molecule has 1 aromatic carbocycles. The van der Waals surface area contributed by atoms with Crippen molar-refractivity contribution >= 4 is 11.8 Å². The maximum absolute atomic E-state index is 12.8. The van der Waals surface area contributed by atoms with Crippen molar-refractivity contribution in [1.82, 2.24) is 15.5 Å². The summed E-state index contributed by atoms with van der Waals surface area (Å²) in [6.07, 6.45) is 1.16. The molecule has 0 saturated heterocycles. The first kappa shape index (κ1) is 16.4. The molecule has 0 radical (unpaired) electrons. The second-order valence-electron chi connectivity index (χ2n) is 5.95. The molecule has 1 aromatic rings. The SMILES string of the molecule is CN(C)CCNC(=O)C1(C(=O)NCc2ccc(F)cc2)CC1. The topological polar surface area (TPSA) is 61.4 Å². The minimum Gasteiger partial charge on any atom is -0.354 e. The van der Waals surface area contributed by atoms with Crippen molar-refractivity contribution in [1.29, 1.82) is 0 Å². The highest BCUT2D eigenvalue weighted by molar-refractivity contribution is 6.07. The van der Waals surface area contributed by atoms with E-state index in [1.807, 2.05) is 19.0 Å². The third-order valence-electron chi connectivity index (χ3n) is 3.83. The van der Waals surface area contributed by atoms with E-state index in [0.29, 0.717) is 25.9 Å². The van der Waals surface area contributed by atoms with Gasteiger partial charge in [-0.15, -0.1) is 0 Å². The van der Waals surface area contributed by atoms with Crippen molar-refractivity contribution in [2.24, 2.45) is 5.41 Å². The largest absolute Gasteiger partial charge is 0.354 e. The minimum atomic E-state index is -0.910. The molecule has 0 atom stereocenters. The van der Waals surface area contributed by atoms with E-state index in [1.165, 1.54) is 12.1 Å². The van der Waals surface area contributed by atoms with E-state index in [9.17, 15) is 14.0 Å². The van der Waals surface area contributed by atoms with Crippen molar-refractivity contribution < 1.29 is 14.0 Å². The molecule has 1 saturated carbocycles. The van der Waals surface area contributed by atoms with Crippen LogP contribution in [0.4, 0.5) is 4.39 Å². The first-order chi connectivity index (χ1) is 10.4. The van der Waals surface area contributed by atoms with E-state index in [2.05, 4.69) is 10.6 Å². The molecule has 0 spiro atoms. The van der Waals surface area contributed by atoms with Crippen molar-refractivity contribution in [2.75, 3.05) is 27.2 Å². The second kappa shape index (κ2) is 6.87. The average molecular weight is 307 g/mol. The third kappa shape index (κ3) is 4.04. The van der Waals surface area contributed by atoms with Gasteiger partial charge >= 0.3 is 0 Å². The van der Waals surface area contributed by atoms with E-state index in [0.717, 1.165) is 12.1 Å². The average Bonchev–Trinajstić information content (AvgIpc) is 3.27. The molecule has 0 unspecified atom stereocenters. The van der Waals surface area contributed by atoms with E-state index in [-0.39, 0.29) is 17.6 Å². The Labute approximate surface area is 129 Å². The van der Waals surface area contributed by atoms with E-state index >= 15 is 0 Å². The summed E-state index contributed by atoms with van der Waals surface area (Å²) in [6, 6.07) is 5.93. The van der Waals surface area contributed by atoms with E-state index in [4.69, 9.17) is 0 Å². The van der Waals surface area contributed by atoms with Crippen LogP contribution in [0.2, 0.25) is 0 Å². The fraction of sp³-hybridized carbons (Fsp3) is 0.500. The molecule has 5 nitrogen and oxygen atoms in total. The molecule has 6 heteroatoms. The van der Waals surface area contributed by atoms with Gasteiger partial charge in [0.05, 0.1) is 0 Å². The zero-order chi connectivity index (χ0) is 16.2. The number of halogens is 1. The Morgan fingerprint density at radius 3 is 2.27 bits per heavy atom. The lowest BCUT2D eigenvalue weighted by Crippen LogP contribution is -2.44. The molecular formula is C16H22FN3O2. The van der Waals surface area contributed by atoms with Crippen LogP contribution in [-0.2, 0) is 16.1 Å². The highest BCUT2D eigenvalue weighted by Crippen LogP contribution is 2.46. The maximum Gasteiger partial charge on any atom is 0.235 e. The fourth-order valence-corrected chi connectivity index (χ4v) is 2.20. The predicted molar refractivity (Wildman–Crippen MR) is 81.5 cm³/mol. The monoisotopic (exact) mass is 307 g/mol. The normalized spacial score (nSPS) is 15.5. The Bertz CT molecular complexity index is 539. The molecule has 120 valence electrons. The molecule has 0 heterocycles. The van der Waals surface area contributed by atoms with Gasteiger partial charge in [-0.05, 0) is 44.6 Å². The molecule has 0 aromatic heterocycles. The summed E-state index contributed by atoms with van der Waals surface area (Å²) in [4.78, 5) is 26.4. The third-order valence-corrected chi connectivity index (χ3v) is 3.83. The number of hydrogen-bond acceptors (Lipinski definition) is 3. The van der Waals surface area contributed by atoms with Gasteiger partial charge in [-0.25, -0.2) is 4.39 Å². The predicted octanol–water partition coefficient (Wildman–Crippen LogP) is 0.900. The summed E-state index contributed by atoms with van der Waals surface area (Å²) in [5, 5.41) is 5.58. The number of rotatable bonds is 7. The highest BCUT2D eigenvalue weighted by atomic mass is 19.1. The van der Waals surface area contributed by atoms with Crippen LogP contribution in [0.25, 0.3) is 0 Å². The molecule has 1 fully saturated rings.